The van der Waals surface area contributed by atoms with Gasteiger partial charge in [0.15, 0.2) is 9.84 Å². The number of piperidine rings is 1. The molecule has 1 atom stereocenters. The van der Waals surface area contributed by atoms with E-state index in [9.17, 15) is 8.42 Å². The Kier molecular flexibility index (Phi) is 4.99. The normalized spacial score (nSPS) is 18.7. The molecule has 5 nitrogen and oxygen atoms in total. The van der Waals surface area contributed by atoms with Gasteiger partial charge in [-0.15, -0.1) is 0 Å². The van der Waals surface area contributed by atoms with Gasteiger partial charge in [-0.1, -0.05) is 6.42 Å². The molecule has 6 heteroatoms. The monoisotopic (exact) mass is 297 g/mol. The molecule has 0 spiro atoms. The zero-order valence-electron chi connectivity index (χ0n) is 12.2. The van der Waals surface area contributed by atoms with Crippen LogP contribution in [-0.4, -0.2) is 50.2 Å². The molecule has 1 saturated heterocycles. The van der Waals surface area contributed by atoms with Crippen molar-refractivity contribution >= 4 is 15.7 Å². The van der Waals surface area contributed by atoms with Gasteiger partial charge in [0, 0.05) is 25.0 Å². The number of pyridine rings is 1. The average molecular weight is 297 g/mol. The minimum absolute atomic E-state index is 0.269. The van der Waals surface area contributed by atoms with Crippen LogP contribution in [0.5, 0.6) is 0 Å². The number of hydrogen-bond acceptors (Lipinski definition) is 5. The molecule has 2 heterocycles. The standard InChI is InChI=1S/C14H23N3O2S/c1-12(17-9-4-3-5-10-17)11-16-14-13(20(2,18)19)7-6-8-15-14/h6-8,12H,3-5,9-11H2,1-2H3,(H,15,16). The zero-order valence-corrected chi connectivity index (χ0v) is 13.0. The van der Waals surface area contributed by atoms with Gasteiger partial charge >= 0.3 is 0 Å². The largest absolute Gasteiger partial charge is 0.367 e. The topological polar surface area (TPSA) is 62.3 Å². The molecule has 0 radical (unpaired) electrons. The molecule has 1 aliphatic heterocycles. The van der Waals surface area contributed by atoms with E-state index in [0.29, 0.717) is 18.4 Å². The Morgan fingerprint density at radius 2 is 2.05 bits per heavy atom. The van der Waals surface area contributed by atoms with Crippen molar-refractivity contribution in [1.29, 1.82) is 0 Å². The Balaban J connectivity index is 2.00. The van der Waals surface area contributed by atoms with Gasteiger partial charge in [-0.05, 0) is 45.0 Å². The summed E-state index contributed by atoms with van der Waals surface area (Å²) < 4.78 is 23.4. The van der Waals surface area contributed by atoms with Crippen LogP contribution in [0.15, 0.2) is 23.2 Å². The van der Waals surface area contributed by atoms with Crippen molar-refractivity contribution in [3.8, 4) is 0 Å². The number of anilines is 1. The highest BCUT2D eigenvalue weighted by Gasteiger charge is 2.18. The number of aromatic nitrogens is 1. The first-order valence-electron chi connectivity index (χ1n) is 7.11. The second-order valence-corrected chi connectivity index (χ2v) is 7.43. The number of sulfone groups is 1. The third-order valence-electron chi connectivity index (χ3n) is 3.75. The van der Waals surface area contributed by atoms with Crippen molar-refractivity contribution in [2.75, 3.05) is 31.2 Å². The van der Waals surface area contributed by atoms with E-state index in [1.165, 1.54) is 25.5 Å². The summed E-state index contributed by atoms with van der Waals surface area (Å²) in [4.78, 5) is 6.87. The van der Waals surface area contributed by atoms with Crippen molar-refractivity contribution in [3.63, 3.8) is 0 Å². The predicted molar refractivity (Wildman–Crippen MR) is 80.7 cm³/mol. The van der Waals surface area contributed by atoms with E-state index < -0.39 is 9.84 Å². The molecule has 0 aromatic carbocycles. The molecule has 112 valence electrons. The first kappa shape index (κ1) is 15.3. The van der Waals surface area contributed by atoms with Crippen molar-refractivity contribution < 1.29 is 8.42 Å². The quantitative estimate of drug-likeness (QED) is 0.897. The van der Waals surface area contributed by atoms with Gasteiger partial charge in [-0.25, -0.2) is 13.4 Å². The molecular formula is C14H23N3O2S. The van der Waals surface area contributed by atoms with Gasteiger partial charge in [-0.3, -0.25) is 4.90 Å². The highest BCUT2D eigenvalue weighted by Crippen LogP contribution is 2.18. The van der Waals surface area contributed by atoms with Gasteiger partial charge in [0.25, 0.3) is 0 Å². The lowest BCUT2D eigenvalue weighted by Crippen LogP contribution is -2.41. The molecule has 0 bridgehead atoms. The number of rotatable bonds is 5. The Morgan fingerprint density at radius 3 is 2.70 bits per heavy atom. The van der Waals surface area contributed by atoms with Crippen LogP contribution in [0.1, 0.15) is 26.2 Å². The van der Waals surface area contributed by atoms with Crippen molar-refractivity contribution in [3.05, 3.63) is 18.3 Å². The molecule has 0 saturated carbocycles. The minimum atomic E-state index is -3.24. The molecule has 1 unspecified atom stereocenters. The second-order valence-electron chi connectivity index (χ2n) is 5.45. The summed E-state index contributed by atoms with van der Waals surface area (Å²) in [6.07, 6.45) is 6.64. The molecule has 1 fully saturated rings. The van der Waals surface area contributed by atoms with Gasteiger partial charge in [0.2, 0.25) is 0 Å². The Bertz CT molecular complexity index is 539. The van der Waals surface area contributed by atoms with Crippen LogP contribution in [0.2, 0.25) is 0 Å². The van der Waals surface area contributed by atoms with Crippen LogP contribution in [0, 0.1) is 0 Å². The van der Waals surface area contributed by atoms with E-state index in [1.807, 2.05) is 0 Å². The minimum Gasteiger partial charge on any atom is -0.367 e. The van der Waals surface area contributed by atoms with E-state index in [2.05, 4.69) is 22.1 Å². The van der Waals surface area contributed by atoms with Crippen LogP contribution < -0.4 is 5.32 Å². The third kappa shape index (κ3) is 3.93. The second kappa shape index (κ2) is 6.54. The van der Waals surface area contributed by atoms with Gasteiger partial charge in [0.1, 0.15) is 10.7 Å². The van der Waals surface area contributed by atoms with Crippen LogP contribution in [-0.2, 0) is 9.84 Å². The summed E-state index contributed by atoms with van der Waals surface area (Å²) in [7, 11) is -3.24. The van der Waals surface area contributed by atoms with Crippen LogP contribution in [0.3, 0.4) is 0 Å². The van der Waals surface area contributed by atoms with E-state index >= 15 is 0 Å². The van der Waals surface area contributed by atoms with Gasteiger partial charge in [0.05, 0.1) is 0 Å². The molecule has 20 heavy (non-hydrogen) atoms. The smallest absolute Gasteiger partial charge is 0.179 e. The van der Waals surface area contributed by atoms with Crippen molar-refractivity contribution in [2.45, 2.75) is 37.1 Å². The zero-order chi connectivity index (χ0) is 14.6. The first-order chi connectivity index (χ1) is 9.48. The van der Waals surface area contributed by atoms with Crippen LogP contribution in [0.4, 0.5) is 5.82 Å². The summed E-state index contributed by atoms with van der Waals surface area (Å²) in [5.41, 5.74) is 0. The van der Waals surface area contributed by atoms with Gasteiger partial charge in [-0.2, -0.15) is 0 Å². The molecular weight excluding hydrogens is 274 g/mol. The molecule has 2 rings (SSSR count). The summed E-state index contributed by atoms with van der Waals surface area (Å²) in [6, 6.07) is 3.62. The molecule has 1 aromatic heterocycles. The fourth-order valence-corrected chi connectivity index (χ4v) is 3.36. The van der Waals surface area contributed by atoms with Crippen LogP contribution >= 0.6 is 0 Å². The summed E-state index contributed by atoms with van der Waals surface area (Å²) >= 11 is 0. The Labute approximate surface area is 121 Å². The Hall–Kier alpha value is -1.14. The number of nitrogens with one attached hydrogen (secondary N) is 1. The Morgan fingerprint density at radius 1 is 1.35 bits per heavy atom. The maximum absolute atomic E-state index is 11.7. The van der Waals surface area contributed by atoms with Crippen LogP contribution in [0.25, 0.3) is 0 Å². The van der Waals surface area contributed by atoms with Crippen molar-refractivity contribution in [1.82, 2.24) is 9.88 Å². The first-order valence-corrected chi connectivity index (χ1v) is 9.00. The number of hydrogen-bond donors (Lipinski definition) is 1. The molecule has 1 aliphatic rings. The molecule has 1 aromatic rings. The summed E-state index contributed by atoms with van der Waals surface area (Å²) in [6.45, 7) is 5.13. The highest BCUT2D eigenvalue weighted by molar-refractivity contribution is 7.90. The van der Waals surface area contributed by atoms with Gasteiger partial charge < -0.3 is 5.32 Å². The lowest BCUT2D eigenvalue weighted by Gasteiger charge is -2.32. The average Bonchev–Trinajstić information content (AvgIpc) is 2.45. The number of likely N-dealkylation sites (tertiary alicyclic amines) is 1. The maximum atomic E-state index is 11.7. The maximum Gasteiger partial charge on any atom is 0.179 e. The fraction of sp³-hybridized carbons (Fsp3) is 0.643. The van der Waals surface area contributed by atoms with E-state index in [4.69, 9.17) is 0 Å². The fourth-order valence-electron chi connectivity index (χ4n) is 2.56. The van der Waals surface area contributed by atoms with E-state index in [1.54, 1.807) is 18.3 Å². The predicted octanol–water partition coefficient (Wildman–Crippen LogP) is 1.77. The molecule has 1 N–H and O–H groups in total. The molecule has 0 amide bonds. The molecule has 0 aliphatic carbocycles. The number of nitrogens with zero attached hydrogens (tertiary/aromatic N) is 2. The summed E-state index contributed by atoms with van der Waals surface area (Å²) in [5.74, 6) is 0.457. The summed E-state index contributed by atoms with van der Waals surface area (Å²) in [5, 5.41) is 3.18. The van der Waals surface area contributed by atoms with E-state index in [-0.39, 0.29) is 4.90 Å². The third-order valence-corrected chi connectivity index (χ3v) is 4.88. The highest BCUT2D eigenvalue weighted by atomic mass is 32.2. The lowest BCUT2D eigenvalue weighted by molar-refractivity contribution is 0.180. The lowest BCUT2D eigenvalue weighted by atomic mass is 10.1. The SMILES string of the molecule is CC(CNc1ncccc1S(C)(=O)=O)N1CCCCC1. The van der Waals surface area contributed by atoms with E-state index in [0.717, 1.165) is 13.1 Å². The van der Waals surface area contributed by atoms with Crippen molar-refractivity contribution in [2.24, 2.45) is 0 Å².